The molecule has 0 saturated heterocycles. The van der Waals surface area contributed by atoms with E-state index in [1.807, 2.05) is 12.1 Å². The number of anilines is 3. The monoisotopic (exact) mass is 884 g/mol. The molecule has 69 heavy (non-hydrogen) atoms. The Labute approximate surface area is 402 Å². The minimum Gasteiger partial charge on any atom is -0.455 e. The standard InChI is InChI=1S/C66H48N2O/c1-65(2)56-22-9-5-15-49(56)54-39-59-55(40-58(54)65)63-47(19-14-23-57(63)66(59,3)4)41-27-31-43(32-28-41)67(44-33-29-42(30-34-44)48-20-13-21-53-52-18-8-12-26-62(52)69-64(48)53)45-35-37-46(38-36-45)68-60-24-10-6-16-50(60)51-17-7-11-25-61(51)68/h5-40H,1-4H3. The van der Waals surface area contributed by atoms with Crippen LogP contribution in [0.5, 0.6) is 0 Å². The summed E-state index contributed by atoms with van der Waals surface area (Å²) in [5.74, 6) is 0. The Morgan fingerprint density at radius 3 is 1.54 bits per heavy atom. The molecule has 328 valence electrons. The Balaban J connectivity index is 0.882. The highest BCUT2D eigenvalue weighted by molar-refractivity contribution is 6.10. The number of fused-ring (bicyclic) bond motifs is 12. The highest BCUT2D eigenvalue weighted by Gasteiger charge is 2.42. The minimum atomic E-state index is -0.137. The second kappa shape index (κ2) is 14.6. The van der Waals surface area contributed by atoms with Gasteiger partial charge in [-0.2, -0.15) is 0 Å². The molecule has 0 aliphatic heterocycles. The first-order valence-electron chi connectivity index (χ1n) is 24.2. The highest BCUT2D eigenvalue weighted by Crippen LogP contribution is 2.58. The molecule has 12 aromatic rings. The van der Waals surface area contributed by atoms with Gasteiger partial charge in [-0.3, -0.25) is 0 Å². The summed E-state index contributed by atoms with van der Waals surface area (Å²) in [6, 6.07) is 80.3. The van der Waals surface area contributed by atoms with Crippen molar-refractivity contribution in [2.75, 3.05) is 4.90 Å². The van der Waals surface area contributed by atoms with E-state index in [0.717, 1.165) is 55.8 Å². The zero-order valence-corrected chi connectivity index (χ0v) is 39.1. The lowest BCUT2D eigenvalue weighted by Gasteiger charge is -2.26. The molecule has 2 aromatic heterocycles. The summed E-state index contributed by atoms with van der Waals surface area (Å²) < 4.78 is 8.87. The van der Waals surface area contributed by atoms with Crippen molar-refractivity contribution in [1.29, 1.82) is 0 Å². The fourth-order valence-corrected chi connectivity index (χ4v) is 12.2. The Morgan fingerprint density at radius 1 is 0.362 bits per heavy atom. The summed E-state index contributed by atoms with van der Waals surface area (Å²) in [7, 11) is 0. The maximum absolute atomic E-state index is 6.49. The molecule has 3 heteroatoms. The van der Waals surface area contributed by atoms with Gasteiger partial charge < -0.3 is 13.9 Å². The van der Waals surface area contributed by atoms with Crippen LogP contribution >= 0.6 is 0 Å². The van der Waals surface area contributed by atoms with Crippen molar-refractivity contribution in [3.63, 3.8) is 0 Å². The molecular weight excluding hydrogens is 837 g/mol. The van der Waals surface area contributed by atoms with Gasteiger partial charge in [0, 0.05) is 60.7 Å². The molecule has 0 fully saturated rings. The van der Waals surface area contributed by atoms with E-state index in [1.165, 1.54) is 77.4 Å². The number of benzene rings is 10. The van der Waals surface area contributed by atoms with Crippen LogP contribution in [0.4, 0.5) is 17.1 Å². The van der Waals surface area contributed by atoms with Gasteiger partial charge in [0.25, 0.3) is 0 Å². The fourth-order valence-electron chi connectivity index (χ4n) is 12.2. The van der Waals surface area contributed by atoms with Crippen LogP contribution in [0.25, 0.3) is 93.9 Å². The second-order valence-electron chi connectivity index (χ2n) is 20.1. The van der Waals surface area contributed by atoms with Crippen LogP contribution < -0.4 is 4.90 Å². The zero-order valence-electron chi connectivity index (χ0n) is 39.1. The van der Waals surface area contributed by atoms with Crippen LogP contribution in [0.1, 0.15) is 49.9 Å². The molecule has 14 rings (SSSR count). The molecule has 0 amide bonds. The van der Waals surface area contributed by atoms with Gasteiger partial charge in [0.15, 0.2) is 0 Å². The molecule has 0 bridgehead atoms. The van der Waals surface area contributed by atoms with E-state index in [0.29, 0.717) is 0 Å². The Morgan fingerprint density at radius 2 is 0.841 bits per heavy atom. The molecule has 0 spiro atoms. The second-order valence-corrected chi connectivity index (χ2v) is 20.1. The van der Waals surface area contributed by atoms with E-state index < -0.39 is 0 Å². The zero-order chi connectivity index (χ0) is 46.2. The van der Waals surface area contributed by atoms with E-state index in [2.05, 4.69) is 243 Å². The smallest absolute Gasteiger partial charge is 0.143 e. The van der Waals surface area contributed by atoms with Crippen molar-refractivity contribution in [1.82, 2.24) is 4.57 Å². The van der Waals surface area contributed by atoms with Gasteiger partial charge >= 0.3 is 0 Å². The van der Waals surface area contributed by atoms with Gasteiger partial charge in [0.05, 0.1) is 11.0 Å². The third-order valence-electron chi connectivity index (χ3n) is 15.6. The molecule has 0 N–H and O–H groups in total. The largest absolute Gasteiger partial charge is 0.455 e. The topological polar surface area (TPSA) is 21.3 Å². The molecule has 0 radical (unpaired) electrons. The molecule has 0 unspecified atom stereocenters. The minimum absolute atomic E-state index is 0.0749. The van der Waals surface area contributed by atoms with E-state index >= 15 is 0 Å². The van der Waals surface area contributed by atoms with Crippen LogP contribution in [0.15, 0.2) is 223 Å². The quantitative estimate of drug-likeness (QED) is 0.166. The Bertz CT molecular complexity index is 4000. The summed E-state index contributed by atoms with van der Waals surface area (Å²) >= 11 is 0. The van der Waals surface area contributed by atoms with Crippen LogP contribution in [0.3, 0.4) is 0 Å². The average molecular weight is 885 g/mol. The van der Waals surface area contributed by atoms with Crippen LogP contribution in [0, 0.1) is 0 Å². The van der Waals surface area contributed by atoms with Crippen molar-refractivity contribution in [2.45, 2.75) is 38.5 Å². The fraction of sp³-hybridized carbons (Fsp3) is 0.0909. The van der Waals surface area contributed by atoms with E-state index in [4.69, 9.17) is 4.42 Å². The van der Waals surface area contributed by atoms with Gasteiger partial charge in [-0.15, -0.1) is 0 Å². The van der Waals surface area contributed by atoms with E-state index in [-0.39, 0.29) is 10.8 Å². The van der Waals surface area contributed by atoms with Crippen molar-refractivity contribution >= 4 is 60.8 Å². The molecule has 10 aromatic carbocycles. The first-order valence-corrected chi connectivity index (χ1v) is 24.2. The van der Waals surface area contributed by atoms with Gasteiger partial charge in [-0.25, -0.2) is 0 Å². The Hall–Kier alpha value is -8.40. The lowest BCUT2D eigenvalue weighted by Crippen LogP contribution is -2.16. The number of nitrogens with zero attached hydrogens (tertiary/aromatic N) is 2. The van der Waals surface area contributed by atoms with Crippen molar-refractivity contribution in [3.8, 4) is 50.2 Å². The summed E-state index contributed by atoms with van der Waals surface area (Å²) in [6.07, 6.45) is 0. The van der Waals surface area contributed by atoms with Crippen molar-refractivity contribution in [2.24, 2.45) is 0 Å². The maximum Gasteiger partial charge on any atom is 0.143 e. The van der Waals surface area contributed by atoms with E-state index in [1.54, 1.807) is 0 Å². The van der Waals surface area contributed by atoms with Gasteiger partial charge in [0.2, 0.25) is 0 Å². The maximum atomic E-state index is 6.49. The molecule has 2 heterocycles. The molecule has 0 saturated carbocycles. The number of aromatic nitrogens is 1. The van der Waals surface area contributed by atoms with Gasteiger partial charge in [-0.05, 0) is 140 Å². The number of para-hydroxylation sites is 4. The predicted molar refractivity (Wildman–Crippen MR) is 289 cm³/mol. The van der Waals surface area contributed by atoms with Crippen LogP contribution in [-0.4, -0.2) is 4.57 Å². The van der Waals surface area contributed by atoms with Crippen molar-refractivity contribution < 1.29 is 4.42 Å². The summed E-state index contributed by atoms with van der Waals surface area (Å²) in [5.41, 5.74) is 24.1. The Kier molecular flexibility index (Phi) is 8.38. The molecule has 0 atom stereocenters. The number of furan rings is 1. The third-order valence-corrected chi connectivity index (χ3v) is 15.6. The van der Waals surface area contributed by atoms with E-state index in [9.17, 15) is 0 Å². The average Bonchev–Trinajstić information content (AvgIpc) is 4.08. The summed E-state index contributed by atoms with van der Waals surface area (Å²) in [4.78, 5) is 2.38. The molecule has 2 aliphatic carbocycles. The SMILES string of the molecule is CC1(C)c2ccccc2-c2cc3c(cc21)-c1c(-c2ccc(N(c4ccc(-c5cccc6c5oc5ccccc56)cc4)c4ccc(-n5c6ccccc6c6ccccc65)cc4)cc2)cccc1C3(C)C. The highest BCUT2D eigenvalue weighted by atomic mass is 16.3. The number of rotatable bonds is 6. The molecule has 2 aliphatic rings. The first-order chi connectivity index (χ1) is 33.7. The predicted octanol–water partition coefficient (Wildman–Crippen LogP) is 18.1. The van der Waals surface area contributed by atoms with Crippen LogP contribution in [0.2, 0.25) is 0 Å². The van der Waals surface area contributed by atoms with Gasteiger partial charge in [0.1, 0.15) is 11.2 Å². The van der Waals surface area contributed by atoms with Gasteiger partial charge in [-0.1, -0.05) is 167 Å². The molecule has 3 nitrogen and oxygen atoms in total. The lowest BCUT2D eigenvalue weighted by molar-refractivity contribution is 0.652. The lowest BCUT2D eigenvalue weighted by atomic mass is 9.79. The molecular formula is C66H48N2O. The summed E-state index contributed by atoms with van der Waals surface area (Å²) in [5, 5.41) is 4.78. The normalized spacial score (nSPS) is 14.0. The first kappa shape index (κ1) is 39.7. The third kappa shape index (κ3) is 5.74. The van der Waals surface area contributed by atoms with Crippen LogP contribution in [-0.2, 0) is 10.8 Å². The summed E-state index contributed by atoms with van der Waals surface area (Å²) in [6.45, 7) is 9.56. The number of hydrogen-bond donors (Lipinski definition) is 0. The number of hydrogen-bond acceptors (Lipinski definition) is 2. The van der Waals surface area contributed by atoms with Crippen molar-refractivity contribution in [3.05, 3.63) is 241 Å².